The van der Waals surface area contributed by atoms with Crippen molar-refractivity contribution in [1.29, 1.82) is 0 Å². The van der Waals surface area contributed by atoms with E-state index < -0.39 is 33.6 Å². The molecular formula is C15H14F2N2O3S. The van der Waals surface area contributed by atoms with Crippen molar-refractivity contribution in [2.24, 2.45) is 0 Å². The second-order valence-corrected chi connectivity index (χ2v) is 6.48. The molecule has 1 atom stereocenters. The minimum atomic E-state index is -3.88. The van der Waals surface area contributed by atoms with E-state index in [2.05, 4.69) is 10.0 Å². The van der Waals surface area contributed by atoms with Crippen LogP contribution in [0.3, 0.4) is 0 Å². The van der Waals surface area contributed by atoms with Crippen LogP contribution in [-0.2, 0) is 14.8 Å². The van der Waals surface area contributed by atoms with E-state index in [9.17, 15) is 22.0 Å². The lowest BCUT2D eigenvalue weighted by molar-refractivity contribution is -0.117. The number of halogens is 2. The summed E-state index contributed by atoms with van der Waals surface area (Å²) in [6.45, 7) is 1.32. The Kier molecular flexibility index (Phi) is 5.07. The molecule has 0 radical (unpaired) electrons. The van der Waals surface area contributed by atoms with Gasteiger partial charge in [0.2, 0.25) is 15.9 Å². The fourth-order valence-corrected chi connectivity index (χ4v) is 3.01. The molecule has 0 bridgehead atoms. The largest absolute Gasteiger partial charge is 0.322 e. The van der Waals surface area contributed by atoms with Crippen LogP contribution in [0.25, 0.3) is 0 Å². The second kappa shape index (κ2) is 6.84. The molecule has 5 nitrogen and oxygen atoms in total. The number of anilines is 1. The number of nitrogens with one attached hydrogen (secondary N) is 2. The maximum atomic E-state index is 13.5. The van der Waals surface area contributed by atoms with Gasteiger partial charge in [0.05, 0.1) is 16.6 Å². The lowest BCUT2D eigenvalue weighted by Gasteiger charge is -2.14. The van der Waals surface area contributed by atoms with Crippen molar-refractivity contribution >= 4 is 21.6 Å². The number of sulfonamides is 1. The summed E-state index contributed by atoms with van der Waals surface area (Å²) in [5.41, 5.74) is -0.234. The molecule has 8 heteroatoms. The molecule has 2 aromatic carbocycles. The first-order valence-electron chi connectivity index (χ1n) is 6.63. The highest BCUT2D eigenvalue weighted by atomic mass is 32.2. The van der Waals surface area contributed by atoms with Gasteiger partial charge in [0.15, 0.2) is 0 Å². The minimum absolute atomic E-state index is 0.00705. The van der Waals surface area contributed by atoms with Crippen molar-refractivity contribution in [3.63, 3.8) is 0 Å². The summed E-state index contributed by atoms with van der Waals surface area (Å²) in [4.78, 5) is 12.0. The van der Waals surface area contributed by atoms with Gasteiger partial charge < -0.3 is 5.32 Å². The van der Waals surface area contributed by atoms with Gasteiger partial charge in [-0.25, -0.2) is 17.2 Å². The average Bonchev–Trinajstić information content (AvgIpc) is 2.50. The molecule has 0 aliphatic rings. The number of hydrogen-bond acceptors (Lipinski definition) is 3. The number of rotatable bonds is 5. The number of hydrogen-bond donors (Lipinski definition) is 2. The van der Waals surface area contributed by atoms with E-state index in [1.54, 1.807) is 18.2 Å². The number of carbonyl (C=O) groups is 1. The SMILES string of the molecule is C[C@@H](NS(=O)(=O)c1ccccc1)C(=O)Nc1ccc(F)cc1F. The van der Waals surface area contributed by atoms with E-state index in [4.69, 9.17) is 0 Å². The molecule has 0 unspecified atom stereocenters. The number of amides is 1. The van der Waals surface area contributed by atoms with E-state index in [1.165, 1.54) is 19.1 Å². The van der Waals surface area contributed by atoms with Gasteiger partial charge in [-0.1, -0.05) is 18.2 Å². The van der Waals surface area contributed by atoms with Crippen LogP contribution >= 0.6 is 0 Å². The highest BCUT2D eigenvalue weighted by Gasteiger charge is 2.22. The summed E-state index contributed by atoms with van der Waals surface area (Å²) >= 11 is 0. The third-order valence-electron chi connectivity index (χ3n) is 2.97. The monoisotopic (exact) mass is 340 g/mol. The van der Waals surface area contributed by atoms with Crippen LogP contribution in [0.2, 0.25) is 0 Å². The van der Waals surface area contributed by atoms with Crippen LogP contribution in [0.15, 0.2) is 53.4 Å². The molecule has 0 fully saturated rings. The van der Waals surface area contributed by atoms with Gasteiger partial charge in [-0.3, -0.25) is 4.79 Å². The Morgan fingerprint density at radius 1 is 1.09 bits per heavy atom. The minimum Gasteiger partial charge on any atom is -0.322 e. The third-order valence-corrected chi connectivity index (χ3v) is 4.52. The highest BCUT2D eigenvalue weighted by molar-refractivity contribution is 7.89. The Labute approximate surface area is 132 Å². The van der Waals surface area contributed by atoms with Crippen LogP contribution in [0.1, 0.15) is 6.92 Å². The molecule has 0 saturated carbocycles. The Morgan fingerprint density at radius 3 is 2.35 bits per heavy atom. The van der Waals surface area contributed by atoms with Crippen LogP contribution in [0, 0.1) is 11.6 Å². The average molecular weight is 340 g/mol. The zero-order valence-electron chi connectivity index (χ0n) is 12.1. The van der Waals surface area contributed by atoms with Crippen LogP contribution < -0.4 is 10.0 Å². The molecule has 2 rings (SSSR count). The summed E-state index contributed by atoms with van der Waals surface area (Å²) in [6, 6.07) is 9.03. The van der Waals surface area contributed by atoms with Gasteiger partial charge in [0, 0.05) is 6.07 Å². The Bertz CT molecular complexity index is 811. The Balaban J connectivity index is 2.08. The van der Waals surface area contributed by atoms with E-state index in [1.807, 2.05) is 0 Å². The predicted octanol–water partition coefficient (Wildman–Crippen LogP) is 2.27. The van der Waals surface area contributed by atoms with Crippen molar-refractivity contribution in [3.05, 3.63) is 60.2 Å². The number of carbonyl (C=O) groups excluding carboxylic acids is 1. The first-order valence-corrected chi connectivity index (χ1v) is 8.11. The second-order valence-electron chi connectivity index (χ2n) is 4.77. The molecule has 23 heavy (non-hydrogen) atoms. The summed E-state index contributed by atoms with van der Waals surface area (Å²) < 4.78 is 52.7. The van der Waals surface area contributed by atoms with E-state index in [-0.39, 0.29) is 10.6 Å². The molecule has 122 valence electrons. The van der Waals surface area contributed by atoms with Crippen molar-refractivity contribution in [1.82, 2.24) is 4.72 Å². The molecule has 0 aliphatic heterocycles. The predicted molar refractivity (Wildman–Crippen MR) is 81.2 cm³/mol. The van der Waals surface area contributed by atoms with E-state index in [0.717, 1.165) is 12.1 Å². The molecule has 0 aliphatic carbocycles. The lowest BCUT2D eigenvalue weighted by atomic mass is 10.2. The quantitative estimate of drug-likeness (QED) is 0.877. The van der Waals surface area contributed by atoms with Crippen molar-refractivity contribution in [2.45, 2.75) is 17.9 Å². The summed E-state index contributed by atoms with van der Waals surface area (Å²) in [5.74, 6) is -2.50. The topological polar surface area (TPSA) is 75.3 Å². The fraction of sp³-hybridized carbons (Fsp3) is 0.133. The molecule has 0 aromatic heterocycles. The van der Waals surface area contributed by atoms with Crippen molar-refractivity contribution < 1.29 is 22.0 Å². The van der Waals surface area contributed by atoms with E-state index in [0.29, 0.717) is 6.07 Å². The smallest absolute Gasteiger partial charge is 0.242 e. The Morgan fingerprint density at radius 2 is 1.74 bits per heavy atom. The van der Waals surface area contributed by atoms with Crippen molar-refractivity contribution in [2.75, 3.05) is 5.32 Å². The van der Waals surface area contributed by atoms with Crippen molar-refractivity contribution in [3.8, 4) is 0 Å². The van der Waals surface area contributed by atoms with E-state index >= 15 is 0 Å². The first-order chi connectivity index (χ1) is 10.8. The summed E-state index contributed by atoms with van der Waals surface area (Å²) in [6.07, 6.45) is 0. The molecular weight excluding hydrogens is 326 g/mol. The Hall–Kier alpha value is -2.32. The van der Waals surface area contributed by atoms with Crippen LogP contribution in [0.4, 0.5) is 14.5 Å². The lowest BCUT2D eigenvalue weighted by Crippen LogP contribution is -2.41. The third kappa shape index (κ3) is 4.33. The standard InChI is InChI=1S/C15H14F2N2O3S/c1-10(19-23(21,22)12-5-3-2-4-6-12)15(20)18-14-8-7-11(16)9-13(14)17/h2-10,19H,1H3,(H,18,20)/t10-/m1/s1. The zero-order chi connectivity index (χ0) is 17.0. The molecule has 0 spiro atoms. The van der Waals surface area contributed by atoms with Crippen LogP contribution in [-0.4, -0.2) is 20.4 Å². The number of benzene rings is 2. The normalized spacial score (nSPS) is 12.7. The fourth-order valence-electron chi connectivity index (χ4n) is 1.79. The van der Waals surface area contributed by atoms with Crippen LogP contribution in [0.5, 0.6) is 0 Å². The molecule has 2 aromatic rings. The zero-order valence-corrected chi connectivity index (χ0v) is 12.9. The molecule has 0 saturated heterocycles. The maximum Gasteiger partial charge on any atom is 0.242 e. The first kappa shape index (κ1) is 17.0. The summed E-state index contributed by atoms with van der Waals surface area (Å²) in [5, 5.41) is 2.20. The molecule has 0 heterocycles. The van der Waals surface area contributed by atoms with Gasteiger partial charge in [0.25, 0.3) is 0 Å². The van der Waals surface area contributed by atoms with Gasteiger partial charge >= 0.3 is 0 Å². The summed E-state index contributed by atoms with van der Waals surface area (Å²) in [7, 11) is -3.88. The highest BCUT2D eigenvalue weighted by Crippen LogP contribution is 2.15. The van der Waals surface area contributed by atoms with Gasteiger partial charge in [-0.05, 0) is 31.2 Å². The maximum absolute atomic E-state index is 13.5. The molecule has 1 amide bonds. The molecule has 2 N–H and O–H groups in total. The van der Waals surface area contributed by atoms with Gasteiger partial charge in [-0.15, -0.1) is 0 Å². The van der Waals surface area contributed by atoms with Gasteiger partial charge in [0.1, 0.15) is 11.6 Å². The van der Waals surface area contributed by atoms with Gasteiger partial charge in [-0.2, -0.15) is 4.72 Å².